The second-order valence-electron chi connectivity index (χ2n) is 7.16. The Morgan fingerprint density at radius 1 is 1.08 bits per heavy atom. The molecule has 0 aliphatic heterocycles. The van der Waals surface area contributed by atoms with Crippen molar-refractivity contribution in [2.75, 3.05) is 13.2 Å². The summed E-state index contributed by atoms with van der Waals surface area (Å²) in [5.41, 5.74) is 2.46. The van der Waals surface area contributed by atoms with Crippen molar-refractivity contribution in [3.8, 4) is 0 Å². The Bertz CT molecular complexity index is 652. The van der Waals surface area contributed by atoms with Crippen molar-refractivity contribution in [2.24, 2.45) is 5.92 Å². The highest BCUT2D eigenvalue weighted by atomic mass is 16.5. The van der Waals surface area contributed by atoms with Crippen LogP contribution in [-0.2, 0) is 14.3 Å². The molecule has 6 nitrogen and oxygen atoms in total. The summed E-state index contributed by atoms with van der Waals surface area (Å²) in [4.78, 5) is 35.8. The molecule has 142 valence electrons. The van der Waals surface area contributed by atoms with Crippen LogP contribution in [0.15, 0.2) is 18.2 Å². The number of hydrogen-bond donors (Lipinski definition) is 2. The fourth-order valence-corrected chi connectivity index (χ4v) is 3.34. The number of esters is 1. The van der Waals surface area contributed by atoms with Gasteiger partial charge < -0.3 is 15.4 Å². The van der Waals surface area contributed by atoms with Gasteiger partial charge in [-0.3, -0.25) is 14.4 Å². The number of rotatable bonds is 6. The molecule has 0 aromatic heterocycles. The maximum Gasteiger partial charge on any atom is 0.325 e. The average Bonchev–Trinajstić information content (AvgIpc) is 2.59. The number of aryl methyl sites for hydroxylation is 2. The minimum Gasteiger partial charge on any atom is -0.454 e. The summed E-state index contributed by atoms with van der Waals surface area (Å²) < 4.78 is 4.95. The predicted octanol–water partition coefficient (Wildman–Crippen LogP) is 2.27. The van der Waals surface area contributed by atoms with E-state index in [-0.39, 0.29) is 31.0 Å². The molecular formula is C20H28N2O4. The quantitative estimate of drug-likeness (QED) is 0.762. The van der Waals surface area contributed by atoms with Crippen molar-refractivity contribution >= 4 is 17.8 Å². The third-order valence-corrected chi connectivity index (χ3v) is 4.70. The van der Waals surface area contributed by atoms with Gasteiger partial charge in [0.15, 0.2) is 6.61 Å². The van der Waals surface area contributed by atoms with E-state index in [0.717, 1.165) is 30.4 Å². The predicted molar refractivity (Wildman–Crippen MR) is 98.8 cm³/mol. The Morgan fingerprint density at radius 3 is 2.38 bits per heavy atom. The fourth-order valence-electron chi connectivity index (χ4n) is 3.34. The van der Waals surface area contributed by atoms with Crippen LogP contribution < -0.4 is 10.6 Å². The summed E-state index contributed by atoms with van der Waals surface area (Å²) >= 11 is 0. The monoisotopic (exact) mass is 360 g/mol. The number of carbonyl (C=O) groups is 3. The fraction of sp³-hybridized carbons (Fsp3) is 0.550. The normalized spacial score (nSPS) is 19.5. The molecule has 0 saturated heterocycles. The van der Waals surface area contributed by atoms with E-state index in [4.69, 9.17) is 4.74 Å². The highest BCUT2D eigenvalue weighted by Gasteiger charge is 2.23. The van der Waals surface area contributed by atoms with Gasteiger partial charge in [-0.15, -0.1) is 0 Å². The minimum absolute atomic E-state index is 0.152. The number of nitrogens with one attached hydrogen (secondary N) is 2. The standard InChI is InChI=1S/C20H28N2O4/c1-13-8-14(2)10-16(9-13)20(25)21-11-19(24)26-12-18(23)22-17-7-5-4-6-15(17)3/h8-10,15,17H,4-7,11-12H2,1-3H3,(H,21,25)(H,22,23). The number of ether oxygens (including phenoxy) is 1. The zero-order valence-corrected chi connectivity index (χ0v) is 15.8. The maximum atomic E-state index is 12.1. The lowest BCUT2D eigenvalue weighted by Crippen LogP contribution is -2.43. The molecule has 0 bridgehead atoms. The Kier molecular flexibility index (Phi) is 7.18. The second-order valence-corrected chi connectivity index (χ2v) is 7.16. The van der Waals surface area contributed by atoms with Gasteiger partial charge in [0.1, 0.15) is 6.54 Å². The second kappa shape index (κ2) is 9.36. The molecule has 2 atom stereocenters. The van der Waals surface area contributed by atoms with Crippen LogP contribution in [0.25, 0.3) is 0 Å². The number of benzene rings is 1. The molecule has 1 aromatic carbocycles. The zero-order valence-electron chi connectivity index (χ0n) is 15.8. The Morgan fingerprint density at radius 2 is 1.73 bits per heavy atom. The van der Waals surface area contributed by atoms with E-state index < -0.39 is 5.97 Å². The molecule has 2 N–H and O–H groups in total. The number of carbonyl (C=O) groups excluding carboxylic acids is 3. The molecule has 1 saturated carbocycles. The molecule has 1 aliphatic carbocycles. The molecule has 6 heteroatoms. The van der Waals surface area contributed by atoms with Gasteiger partial charge in [0.05, 0.1) is 0 Å². The molecular weight excluding hydrogens is 332 g/mol. The van der Waals surface area contributed by atoms with Gasteiger partial charge in [-0.1, -0.05) is 37.0 Å². The first kappa shape index (κ1) is 19.9. The van der Waals surface area contributed by atoms with E-state index in [1.165, 1.54) is 6.42 Å². The largest absolute Gasteiger partial charge is 0.454 e. The molecule has 26 heavy (non-hydrogen) atoms. The van der Waals surface area contributed by atoms with Crippen molar-refractivity contribution in [2.45, 2.75) is 52.5 Å². The van der Waals surface area contributed by atoms with E-state index in [1.807, 2.05) is 19.9 Å². The molecule has 1 aromatic rings. The summed E-state index contributed by atoms with van der Waals surface area (Å²) in [5.74, 6) is -0.818. The topological polar surface area (TPSA) is 84.5 Å². The van der Waals surface area contributed by atoms with E-state index in [2.05, 4.69) is 17.6 Å². The van der Waals surface area contributed by atoms with Crippen LogP contribution in [0, 0.1) is 19.8 Å². The Hall–Kier alpha value is -2.37. The van der Waals surface area contributed by atoms with Crippen LogP contribution in [0.2, 0.25) is 0 Å². The van der Waals surface area contributed by atoms with E-state index in [9.17, 15) is 14.4 Å². The summed E-state index contributed by atoms with van der Waals surface area (Å²) in [6.45, 7) is 5.35. The first-order chi connectivity index (χ1) is 12.3. The smallest absolute Gasteiger partial charge is 0.325 e. The van der Waals surface area contributed by atoms with E-state index in [1.54, 1.807) is 12.1 Å². The van der Waals surface area contributed by atoms with Gasteiger partial charge in [0, 0.05) is 11.6 Å². The molecule has 0 spiro atoms. The van der Waals surface area contributed by atoms with Crippen LogP contribution in [-0.4, -0.2) is 37.0 Å². The van der Waals surface area contributed by atoms with Gasteiger partial charge in [-0.2, -0.15) is 0 Å². The first-order valence-electron chi connectivity index (χ1n) is 9.16. The van der Waals surface area contributed by atoms with Crippen molar-refractivity contribution in [1.82, 2.24) is 10.6 Å². The minimum atomic E-state index is -0.630. The molecule has 2 rings (SSSR count). The molecule has 2 amide bonds. The van der Waals surface area contributed by atoms with Gasteiger partial charge in [-0.25, -0.2) is 0 Å². The SMILES string of the molecule is Cc1cc(C)cc(C(=O)NCC(=O)OCC(=O)NC2CCCCC2C)c1. The first-order valence-corrected chi connectivity index (χ1v) is 9.16. The molecule has 2 unspecified atom stereocenters. The van der Waals surface area contributed by atoms with Crippen LogP contribution >= 0.6 is 0 Å². The lowest BCUT2D eigenvalue weighted by molar-refractivity contribution is -0.147. The Labute approximate surface area is 154 Å². The van der Waals surface area contributed by atoms with Crippen LogP contribution in [0.3, 0.4) is 0 Å². The molecule has 0 radical (unpaired) electrons. The molecule has 0 heterocycles. The van der Waals surface area contributed by atoms with E-state index >= 15 is 0 Å². The summed E-state index contributed by atoms with van der Waals surface area (Å²) in [5, 5.41) is 5.44. The third kappa shape index (κ3) is 6.17. The van der Waals surface area contributed by atoms with Crippen LogP contribution in [0.5, 0.6) is 0 Å². The van der Waals surface area contributed by atoms with Crippen LogP contribution in [0.1, 0.15) is 54.1 Å². The average molecular weight is 360 g/mol. The Balaban J connectivity index is 1.71. The van der Waals surface area contributed by atoms with Gasteiger partial charge in [0.25, 0.3) is 11.8 Å². The highest BCUT2D eigenvalue weighted by molar-refractivity contribution is 5.96. The van der Waals surface area contributed by atoms with Gasteiger partial charge >= 0.3 is 5.97 Å². The third-order valence-electron chi connectivity index (χ3n) is 4.70. The molecule has 1 aliphatic rings. The molecule has 1 fully saturated rings. The summed E-state index contributed by atoms with van der Waals surface area (Å²) in [6.07, 6.45) is 4.38. The van der Waals surface area contributed by atoms with Crippen molar-refractivity contribution in [3.63, 3.8) is 0 Å². The number of amides is 2. The van der Waals surface area contributed by atoms with Crippen LogP contribution in [0.4, 0.5) is 0 Å². The lowest BCUT2D eigenvalue weighted by atomic mass is 9.86. The number of hydrogen-bond acceptors (Lipinski definition) is 4. The van der Waals surface area contributed by atoms with E-state index in [0.29, 0.717) is 11.5 Å². The highest BCUT2D eigenvalue weighted by Crippen LogP contribution is 2.23. The van der Waals surface area contributed by atoms with Crippen molar-refractivity contribution in [3.05, 3.63) is 34.9 Å². The van der Waals surface area contributed by atoms with Crippen molar-refractivity contribution in [1.29, 1.82) is 0 Å². The summed E-state index contributed by atoms with van der Waals surface area (Å²) in [7, 11) is 0. The van der Waals surface area contributed by atoms with Crippen molar-refractivity contribution < 1.29 is 19.1 Å². The summed E-state index contributed by atoms with van der Waals surface area (Å²) in [6, 6.07) is 5.63. The lowest BCUT2D eigenvalue weighted by Gasteiger charge is -2.29. The van der Waals surface area contributed by atoms with Gasteiger partial charge in [0.2, 0.25) is 0 Å². The maximum absolute atomic E-state index is 12.1. The zero-order chi connectivity index (χ0) is 19.1. The van der Waals surface area contributed by atoms with Gasteiger partial charge in [-0.05, 0) is 44.7 Å².